The van der Waals surface area contributed by atoms with Crippen LogP contribution in [0.1, 0.15) is 16.1 Å². The molecule has 1 aromatic carbocycles. The number of alkyl halides is 3. The van der Waals surface area contributed by atoms with Gasteiger partial charge < -0.3 is 4.42 Å². The number of carbonyl (C=O) groups excluding carboxylic acids is 1. The summed E-state index contributed by atoms with van der Waals surface area (Å²) in [7, 11) is 0. The number of furan rings is 1. The van der Waals surface area contributed by atoms with Gasteiger partial charge in [0.2, 0.25) is 0 Å². The van der Waals surface area contributed by atoms with E-state index in [1.807, 2.05) is 0 Å². The van der Waals surface area contributed by atoms with Crippen molar-refractivity contribution in [2.45, 2.75) is 13.1 Å². The van der Waals surface area contributed by atoms with Crippen LogP contribution in [0.25, 0.3) is 11.0 Å². The Hall–Kier alpha value is -2.09. The van der Waals surface area contributed by atoms with E-state index in [1.165, 1.54) is 19.1 Å². The maximum Gasteiger partial charge on any atom is 0.414 e. The molecule has 1 aromatic heterocycles. The maximum absolute atomic E-state index is 13.1. The highest BCUT2D eigenvalue weighted by molar-refractivity contribution is 5.98. The molecule has 0 bridgehead atoms. The van der Waals surface area contributed by atoms with E-state index in [2.05, 4.69) is 4.84 Å². The summed E-state index contributed by atoms with van der Waals surface area (Å²) in [5, 5.41) is 0.367. The first-order valence-corrected chi connectivity index (χ1v) is 5.45. The zero-order chi connectivity index (χ0) is 14.9. The molecule has 0 aliphatic carbocycles. The summed E-state index contributed by atoms with van der Waals surface area (Å²) in [6, 6.07) is 3.64. The van der Waals surface area contributed by atoms with Gasteiger partial charge in [-0.15, -0.1) is 0 Å². The molecule has 0 unspecified atom stereocenters. The number of amides is 1. The number of hydrogen-bond donors (Lipinski definition) is 1. The number of fused-ring (bicyclic) bond motifs is 1. The Kier molecular flexibility index (Phi) is 3.67. The second-order valence-electron chi connectivity index (χ2n) is 4.03. The van der Waals surface area contributed by atoms with Gasteiger partial charge in [-0.25, -0.2) is 9.87 Å². The van der Waals surface area contributed by atoms with Gasteiger partial charge in [0, 0.05) is 10.9 Å². The minimum atomic E-state index is -4.56. The van der Waals surface area contributed by atoms with Crippen molar-refractivity contribution in [1.82, 2.24) is 5.48 Å². The quantitative estimate of drug-likeness (QED) is 0.698. The zero-order valence-corrected chi connectivity index (χ0v) is 10.2. The van der Waals surface area contributed by atoms with E-state index in [1.54, 1.807) is 5.48 Å². The van der Waals surface area contributed by atoms with Crippen molar-refractivity contribution < 1.29 is 31.6 Å². The summed E-state index contributed by atoms with van der Waals surface area (Å²) >= 11 is 0. The number of benzene rings is 1. The van der Waals surface area contributed by atoms with Crippen LogP contribution in [0.2, 0.25) is 0 Å². The molecular weight excluding hydrogens is 282 g/mol. The smallest absolute Gasteiger partial charge is 0.414 e. The second-order valence-corrected chi connectivity index (χ2v) is 4.03. The van der Waals surface area contributed by atoms with Crippen molar-refractivity contribution in [2.75, 3.05) is 6.61 Å². The zero-order valence-electron chi connectivity index (χ0n) is 10.2. The molecule has 0 saturated heterocycles. The molecule has 20 heavy (non-hydrogen) atoms. The lowest BCUT2D eigenvalue weighted by Gasteiger charge is -2.07. The Morgan fingerprint density at radius 3 is 2.75 bits per heavy atom. The molecule has 0 saturated carbocycles. The number of halogens is 4. The maximum atomic E-state index is 13.1. The third kappa shape index (κ3) is 3.08. The van der Waals surface area contributed by atoms with Gasteiger partial charge >= 0.3 is 12.1 Å². The summed E-state index contributed by atoms with van der Waals surface area (Å²) in [4.78, 5) is 15.6. The third-order valence-electron chi connectivity index (χ3n) is 2.51. The molecule has 1 N–H and O–H groups in total. The van der Waals surface area contributed by atoms with Gasteiger partial charge in [-0.2, -0.15) is 13.2 Å². The van der Waals surface area contributed by atoms with Crippen LogP contribution in [0, 0.1) is 12.7 Å². The van der Waals surface area contributed by atoms with Crippen molar-refractivity contribution in [3.63, 3.8) is 0 Å². The average molecular weight is 291 g/mol. The second kappa shape index (κ2) is 5.12. The van der Waals surface area contributed by atoms with Crippen LogP contribution in [-0.4, -0.2) is 18.7 Å². The summed E-state index contributed by atoms with van der Waals surface area (Å²) in [6.45, 7) is -0.128. The SMILES string of the molecule is Cc1c(C(=O)NOCC(F)(F)F)oc2ccc(F)cc12. The largest absolute Gasteiger partial charge is 0.451 e. The van der Waals surface area contributed by atoms with Crippen LogP contribution in [0.4, 0.5) is 17.6 Å². The van der Waals surface area contributed by atoms with E-state index in [0.29, 0.717) is 10.9 Å². The Morgan fingerprint density at radius 1 is 1.40 bits per heavy atom. The lowest BCUT2D eigenvalue weighted by molar-refractivity contribution is -0.184. The first kappa shape index (κ1) is 14.3. The fraction of sp³-hybridized carbons (Fsp3) is 0.250. The number of hydrogen-bond acceptors (Lipinski definition) is 3. The number of hydroxylamine groups is 1. The van der Waals surface area contributed by atoms with E-state index in [-0.39, 0.29) is 11.3 Å². The average Bonchev–Trinajstić information content (AvgIpc) is 2.65. The van der Waals surface area contributed by atoms with Crippen molar-refractivity contribution in [1.29, 1.82) is 0 Å². The summed E-state index contributed by atoms with van der Waals surface area (Å²) in [6.07, 6.45) is -4.56. The molecule has 2 aromatic rings. The molecule has 0 aliphatic heterocycles. The van der Waals surface area contributed by atoms with Gasteiger partial charge in [0.1, 0.15) is 11.4 Å². The number of aryl methyl sites for hydroxylation is 1. The fourth-order valence-corrected chi connectivity index (χ4v) is 1.64. The summed E-state index contributed by atoms with van der Waals surface area (Å²) in [5.41, 5.74) is 2.19. The summed E-state index contributed by atoms with van der Waals surface area (Å²) < 4.78 is 53.8. The Balaban J connectivity index is 2.16. The molecule has 0 atom stereocenters. The number of nitrogens with one attached hydrogen (secondary N) is 1. The van der Waals surface area contributed by atoms with Gasteiger partial charge in [0.15, 0.2) is 12.4 Å². The number of rotatable bonds is 3. The fourth-order valence-electron chi connectivity index (χ4n) is 1.64. The van der Waals surface area contributed by atoms with Crippen LogP contribution < -0.4 is 5.48 Å². The third-order valence-corrected chi connectivity index (χ3v) is 2.51. The molecule has 0 radical (unpaired) electrons. The van der Waals surface area contributed by atoms with E-state index in [9.17, 15) is 22.4 Å². The van der Waals surface area contributed by atoms with Crippen molar-refractivity contribution in [2.24, 2.45) is 0 Å². The van der Waals surface area contributed by atoms with Crippen LogP contribution in [0.15, 0.2) is 22.6 Å². The predicted molar refractivity (Wildman–Crippen MR) is 60.4 cm³/mol. The molecule has 108 valence electrons. The lowest BCUT2D eigenvalue weighted by Crippen LogP contribution is -2.29. The van der Waals surface area contributed by atoms with Gasteiger partial charge in [-0.1, -0.05) is 0 Å². The number of carbonyl (C=O) groups is 1. The molecular formula is C12H9F4NO3. The molecule has 0 spiro atoms. The Morgan fingerprint density at radius 2 is 2.10 bits per heavy atom. The van der Waals surface area contributed by atoms with Crippen molar-refractivity contribution >= 4 is 16.9 Å². The van der Waals surface area contributed by atoms with Gasteiger partial charge in [0.25, 0.3) is 0 Å². The van der Waals surface area contributed by atoms with Crippen LogP contribution >= 0.6 is 0 Å². The highest BCUT2D eigenvalue weighted by Gasteiger charge is 2.29. The molecule has 0 aliphatic rings. The van der Waals surface area contributed by atoms with Gasteiger partial charge in [-0.05, 0) is 25.1 Å². The molecule has 2 rings (SSSR count). The summed E-state index contributed by atoms with van der Waals surface area (Å²) in [5.74, 6) is -1.71. The molecule has 1 heterocycles. The highest BCUT2D eigenvalue weighted by Crippen LogP contribution is 2.26. The standard InChI is InChI=1S/C12H9F4NO3/c1-6-8-4-7(13)2-3-9(8)20-10(6)11(18)17-19-5-12(14,15)16/h2-4H,5H2,1H3,(H,17,18). The topological polar surface area (TPSA) is 51.5 Å². The van der Waals surface area contributed by atoms with E-state index in [4.69, 9.17) is 4.42 Å². The van der Waals surface area contributed by atoms with Gasteiger partial charge in [0.05, 0.1) is 0 Å². The molecule has 1 amide bonds. The van der Waals surface area contributed by atoms with Gasteiger partial charge in [-0.3, -0.25) is 9.63 Å². The Labute approximate surface area is 110 Å². The van der Waals surface area contributed by atoms with Crippen molar-refractivity contribution in [3.8, 4) is 0 Å². The Bertz CT molecular complexity index is 648. The van der Waals surface area contributed by atoms with E-state index in [0.717, 1.165) is 6.07 Å². The lowest BCUT2D eigenvalue weighted by atomic mass is 10.1. The van der Waals surface area contributed by atoms with Crippen molar-refractivity contribution in [3.05, 3.63) is 35.3 Å². The van der Waals surface area contributed by atoms with E-state index >= 15 is 0 Å². The monoisotopic (exact) mass is 291 g/mol. The van der Waals surface area contributed by atoms with Crippen LogP contribution in [0.3, 0.4) is 0 Å². The first-order valence-electron chi connectivity index (χ1n) is 5.45. The highest BCUT2D eigenvalue weighted by atomic mass is 19.4. The minimum absolute atomic E-state index is 0.229. The van der Waals surface area contributed by atoms with Crippen LogP contribution in [-0.2, 0) is 4.84 Å². The predicted octanol–water partition coefficient (Wildman–Crippen LogP) is 3.10. The minimum Gasteiger partial charge on any atom is -0.451 e. The molecule has 4 nitrogen and oxygen atoms in total. The molecule has 0 fully saturated rings. The molecule has 8 heteroatoms. The van der Waals surface area contributed by atoms with Crippen LogP contribution in [0.5, 0.6) is 0 Å². The first-order chi connectivity index (χ1) is 9.28. The normalized spacial score (nSPS) is 11.8. The van der Waals surface area contributed by atoms with E-state index < -0.39 is 24.5 Å².